The van der Waals surface area contributed by atoms with Crippen LogP contribution in [0.15, 0.2) is 40.9 Å². The molecule has 4 heteroatoms. The van der Waals surface area contributed by atoms with Crippen molar-refractivity contribution < 1.29 is 14.6 Å². The monoisotopic (exact) mass is 336 g/mol. The summed E-state index contributed by atoms with van der Waals surface area (Å²) in [7, 11) is 1.58. The van der Waals surface area contributed by atoms with E-state index in [4.69, 9.17) is 9.47 Å². The first kappa shape index (κ1) is 14.9. The van der Waals surface area contributed by atoms with E-state index in [0.29, 0.717) is 17.1 Å². The van der Waals surface area contributed by atoms with Crippen LogP contribution in [0, 0.1) is 6.92 Å². The summed E-state index contributed by atoms with van der Waals surface area (Å²) >= 11 is 3.46. The average molecular weight is 337 g/mol. The zero-order chi connectivity index (χ0) is 14.7. The molecular weight excluding hydrogens is 320 g/mol. The normalized spacial score (nSPS) is 12.1. The predicted octanol–water partition coefficient (Wildman–Crippen LogP) is 4.61. The SMILES string of the molecule is COc1cccc(Oc2ccc(Br)c(C)c2)c1C(C)O. The molecule has 0 radical (unpaired) electrons. The largest absolute Gasteiger partial charge is 0.496 e. The topological polar surface area (TPSA) is 38.7 Å². The zero-order valence-electron chi connectivity index (χ0n) is 11.7. The van der Waals surface area contributed by atoms with Crippen molar-refractivity contribution in [1.82, 2.24) is 0 Å². The van der Waals surface area contributed by atoms with E-state index in [0.717, 1.165) is 15.8 Å². The Hall–Kier alpha value is -1.52. The molecule has 106 valence electrons. The molecule has 0 saturated heterocycles. The van der Waals surface area contributed by atoms with Crippen molar-refractivity contribution >= 4 is 15.9 Å². The van der Waals surface area contributed by atoms with Gasteiger partial charge in [-0.3, -0.25) is 0 Å². The molecule has 1 N–H and O–H groups in total. The van der Waals surface area contributed by atoms with E-state index in [1.54, 1.807) is 14.0 Å². The molecular formula is C16H17BrO3. The van der Waals surface area contributed by atoms with E-state index in [9.17, 15) is 5.11 Å². The maximum Gasteiger partial charge on any atom is 0.136 e. The van der Waals surface area contributed by atoms with Gasteiger partial charge in [0.1, 0.15) is 17.2 Å². The van der Waals surface area contributed by atoms with Crippen LogP contribution in [0.25, 0.3) is 0 Å². The molecule has 2 aromatic rings. The third-order valence-electron chi connectivity index (χ3n) is 3.02. The first-order valence-electron chi connectivity index (χ1n) is 6.32. The predicted molar refractivity (Wildman–Crippen MR) is 82.6 cm³/mol. The lowest BCUT2D eigenvalue weighted by molar-refractivity contribution is 0.190. The number of benzene rings is 2. The molecule has 0 aromatic heterocycles. The van der Waals surface area contributed by atoms with Crippen molar-refractivity contribution in [3.05, 3.63) is 52.0 Å². The Bertz CT molecular complexity index is 609. The van der Waals surface area contributed by atoms with Crippen molar-refractivity contribution in [1.29, 1.82) is 0 Å². The Morgan fingerprint density at radius 3 is 2.45 bits per heavy atom. The van der Waals surface area contributed by atoms with Gasteiger partial charge in [-0.15, -0.1) is 0 Å². The first-order chi connectivity index (χ1) is 9.52. The number of hydrogen-bond donors (Lipinski definition) is 1. The minimum Gasteiger partial charge on any atom is -0.496 e. The molecule has 20 heavy (non-hydrogen) atoms. The summed E-state index contributed by atoms with van der Waals surface area (Å²) in [5.74, 6) is 1.94. The highest BCUT2D eigenvalue weighted by molar-refractivity contribution is 9.10. The number of aliphatic hydroxyl groups is 1. The van der Waals surface area contributed by atoms with Crippen LogP contribution >= 0.6 is 15.9 Å². The third kappa shape index (κ3) is 3.14. The molecule has 1 unspecified atom stereocenters. The quantitative estimate of drug-likeness (QED) is 0.885. The number of hydrogen-bond acceptors (Lipinski definition) is 3. The van der Waals surface area contributed by atoms with E-state index < -0.39 is 6.10 Å². The van der Waals surface area contributed by atoms with E-state index >= 15 is 0 Å². The Balaban J connectivity index is 2.40. The van der Waals surface area contributed by atoms with E-state index in [2.05, 4.69) is 15.9 Å². The van der Waals surface area contributed by atoms with Crippen LogP contribution in [0.5, 0.6) is 17.2 Å². The number of aryl methyl sites for hydroxylation is 1. The van der Waals surface area contributed by atoms with Crippen molar-refractivity contribution in [2.75, 3.05) is 7.11 Å². The molecule has 0 bridgehead atoms. The highest BCUT2D eigenvalue weighted by atomic mass is 79.9. The Kier molecular flexibility index (Phi) is 4.68. The number of halogens is 1. The third-order valence-corrected chi connectivity index (χ3v) is 3.91. The van der Waals surface area contributed by atoms with Crippen LogP contribution in [-0.2, 0) is 0 Å². The van der Waals surface area contributed by atoms with Gasteiger partial charge in [-0.2, -0.15) is 0 Å². The van der Waals surface area contributed by atoms with Gasteiger partial charge in [0.25, 0.3) is 0 Å². The van der Waals surface area contributed by atoms with Crippen molar-refractivity contribution in [2.24, 2.45) is 0 Å². The minimum absolute atomic E-state index is 0.598. The van der Waals surface area contributed by atoms with E-state index in [1.165, 1.54) is 0 Å². The lowest BCUT2D eigenvalue weighted by atomic mass is 10.1. The van der Waals surface area contributed by atoms with Crippen LogP contribution in [-0.4, -0.2) is 12.2 Å². The fourth-order valence-corrected chi connectivity index (χ4v) is 2.26. The number of methoxy groups -OCH3 is 1. The van der Waals surface area contributed by atoms with Gasteiger partial charge in [0.15, 0.2) is 0 Å². The highest BCUT2D eigenvalue weighted by Gasteiger charge is 2.16. The van der Waals surface area contributed by atoms with Crippen LogP contribution in [0.4, 0.5) is 0 Å². The maximum absolute atomic E-state index is 9.93. The second kappa shape index (κ2) is 6.29. The molecule has 0 fully saturated rings. The van der Waals surface area contributed by atoms with Crippen LogP contribution in [0.3, 0.4) is 0 Å². The van der Waals surface area contributed by atoms with Gasteiger partial charge >= 0.3 is 0 Å². The average Bonchev–Trinajstić information content (AvgIpc) is 2.42. The Morgan fingerprint density at radius 1 is 1.15 bits per heavy atom. The maximum atomic E-state index is 9.93. The molecule has 0 aliphatic carbocycles. The smallest absolute Gasteiger partial charge is 0.136 e. The summed E-state index contributed by atoms with van der Waals surface area (Å²) in [6, 6.07) is 11.2. The highest BCUT2D eigenvalue weighted by Crippen LogP contribution is 2.37. The molecule has 0 aliphatic heterocycles. The van der Waals surface area contributed by atoms with Crippen molar-refractivity contribution in [3.63, 3.8) is 0 Å². The summed E-state index contributed by atoms with van der Waals surface area (Å²) in [6.45, 7) is 3.69. The molecule has 0 aliphatic rings. The summed E-state index contributed by atoms with van der Waals surface area (Å²) < 4.78 is 12.2. The summed E-state index contributed by atoms with van der Waals surface area (Å²) in [4.78, 5) is 0. The lowest BCUT2D eigenvalue weighted by Gasteiger charge is -2.16. The molecule has 2 aromatic carbocycles. The number of ether oxygens (including phenoxy) is 2. The van der Waals surface area contributed by atoms with Gasteiger partial charge in [-0.25, -0.2) is 0 Å². The fourth-order valence-electron chi connectivity index (χ4n) is 2.01. The van der Waals surface area contributed by atoms with Gasteiger partial charge < -0.3 is 14.6 Å². The van der Waals surface area contributed by atoms with Gasteiger partial charge in [-0.05, 0) is 49.7 Å². The first-order valence-corrected chi connectivity index (χ1v) is 7.11. The molecule has 2 rings (SSSR count). The summed E-state index contributed by atoms with van der Waals surface area (Å²) in [6.07, 6.45) is -0.669. The lowest BCUT2D eigenvalue weighted by Crippen LogP contribution is -2.00. The number of rotatable bonds is 4. The molecule has 0 amide bonds. The van der Waals surface area contributed by atoms with Crippen LogP contribution < -0.4 is 9.47 Å². The molecule has 1 atom stereocenters. The summed E-state index contributed by atoms with van der Waals surface area (Å²) in [5.41, 5.74) is 1.74. The molecule has 0 saturated carbocycles. The van der Waals surface area contributed by atoms with Crippen molar-refractivity contribution in [2.45, 2.75) is 20.0 Å². The number of aliphatic hydroxyl groups excluding tert-OH is 1. The zero-order valence-corrected chi connectivity index (χ0v) is 13.3. The van der Waals surface area contributed by atoms with Gasteiger partial charge in [-0.1, -0.05) is 22.0 Å². The van der Waals surface area contributed by atoms with Crippen LogP contribution in [0.2, 0.25) is 0 Å². The van der Waals surface area contributed by atoms with Crippen molar-refractivity contribution in [3.8, 4) is 17.2 Å². The van der Waals surface area contributed by atoms with E-state index in [1.807, 2.05) is 43.3 Å². The second-order valence-corrected chi connectivity index (χ2v) is 5.42. The van der Waals surface area contributed by atoms with Gasteiger partial charge in [0.05, 0.1) is 18.8 Å². The second-order valence-electron chi connectivity index (χ2n) is 4.56. The fraction of sp³-hybridized carbons (Fsp3) is 0.250. The van der Waals surface area contributed by atoms with Crippen LogP contribution in [0.1, 0.15) is 24.2 Å². The molecule has 0 spiro atoms. The standard InChI is InChI=1S/C16H17BrO3/c1-10-9-12(7-8-13(10)17)20-15-6-4-5-14(19-3)16(15)11(2)18/h4-9,11,18H,1-3H3. The molecule has 3 nitrogen and oxygen atoms in total. The van der Waals surface area contributed by atoms with E-state index in [-0.39, 0.29) is 0 Å². The summed E-state index contributed by atoms with van der Waals surface area (Å²) in [5, 5.41) is 9.93. The Labute approximate surface area is 127 Å². The van der Waals surface area contributed by atoms with Gasteiger partial charge in [0, 0.05) is 4.47 Å². The minimum atomic E-state index is -0.669. The molecule has 0 heterocycles. The Morgan fingerprint density at radius 2 is 1.85 bits per heavy atom. The van der Waals surface area contributed by atoms with Gasteiger partial charge in [0.2, 0.25) is 0 Å².